The number of benzene rings is 1. The van der Waals surface area contributed by atoms with E-state index in [2.05, 4.69) is 39.0 Å². The summed E-state index contributed by atoms with van der Waals surface area (Å²) in [7, 11) is 0. The van der Waals surface area contributed by atoms with Crippen LogP contribution in [0.4, 0.5) is 0 Å². The maximum atomic E-state index is 11.2. The van der Waals surface area contributed by atoms with Gasteiger partial charge in [0.15, 0.2) is 0 Å². The average Bonchev–Trinajstić information content (AvgIpc) is 2.85. The van der Waals surface area contributed by atoms with Gasteiger partial charge in [-0.1, -0.05) is 28.1 Å². The summed E-state index contributed by atoms with van der Waals surface area (Å²) in [6.07, 6.45) is 3.13. The minimum atomic E-state index is -0.755. The number of likely N-dealkylation sites (tertiary alicyclic amines) is 1. The maximum absolute atomic E-state index is 11.2. The van der Waals surface area contributed by atoms with E-state index in [1.165, 1.54) is 31.5 Å². The van der Waals surface area contributed by atoms with Gasteiger partial charge < -0.3 is 5.11 Å². The van der Waals surface area contributed by atoms with Crippen LogP contribution in [-0.4, -0.2) is 29.1 Å². The van der Waals surface area contributed by atoms with Gasteiger partial charge in [-0.25, -0.2) is 0 Å². The van der Waals surface area contributed by atoms with E-state index in [0.29, 0.717) is 6.42 Å². The molecule has 1 fully saturated rings. The Bertz CT molecular complexity index is 493. The van der Waals surface area contributed by atoms with Crippen molar-refractivity contribution >= 4 is 21.9 Å². The Labute approximate surface area is 129 Å². The van der Waals surface area contributed by atoms with Gasteiger partial charge in [0.1, 0.15) is 0 Å². The van der Waals surface area contributed by atoms with E-state index in [1.54, 1.807) is 13.8 Å². The molecule has 20 heavy (non-hydrogen) atoms. The third-order valence-corrected chi connectivity index (χ3v) is 4.67. The number of nitrogens with zero attached hydrogens (tertiary/aromatic N) is 1. The summed E-state index contributed by atoms with van der Waals surface area (Å²) in [6.45, 7) is 6.87. The second-order valence-electron chi connectivity index (χ2n) is 6.27. The predicted octanol–water partition coefficient (Wildman–Crippen LogP) is 3.70. The number of aliphatic carboxylic acids is 1. The smallest absolute Gasteiger partial charge is 0.309 e. The zero-order chi connectivity index (χ0) is 14.8. The number of hydrogen-bond acceptors (Lipinski definition) is 2. The highest BCUT2D eigenvalue weighted by molar-refractivity contribution is 9.10. The summed E-state index contributed by atoms with van der Waals surface area (Å²) in [6, 6.07) is 6.24. The molecule has 1 aromatic rings. The number of hydrogen-bond donors (Lipinski definition) is 1. The fraction of sp³-hybridized carbons (Fsp3) is 0.562. The highest BCUT2D eigenvalue weighted by Crippen LogP contribution is 2.27. The fourth-order valence-corrected chi connectivity index (χ4v) is 3.15. The molecule has 0 radical (unpaired) electrons. The molecule has 3 nitrogen and oxygen atoms in total. The van der Waals surface area contributed by atoms with Gasteiger partial charge in [-0.05, 0) is 63.4 Å². The molecule has 1 aliphatic heterocycles. The van der Waals surface area contributed by atoms with Crippen molar-refractivity contribution in [2.24, 2.45) is 5.41 Å². The van der Waals surface area contributed by atoms with Crippen molar-refractivity contribution in [3.05, 3.63) is 33.8 Å². The first kappa shape index (κ1) is 15.5. The van der Waals surface area contributed by atoms with Crippen molar-refractivity contribution < 1.29 is 9.90 Å². The average molecular weight is 340 g/mol. The number of carboxylic acids is 1. The summed E-state index contributed by atoms with van der Waals surface area (Å²) in [5.74, 6) is -0.755. The summed E-state index contributed by atoms with van der Waals surface area (Å²) in [5.41, 5.74) is 1.62. The number of carbonyl (C=O) groups is 1. The van der Waals surface area contributed by atoms with Crippen LogP contribution in [0.5, 0.6) is 0 Å². The third kappa shape index (κ3) is 3.83. The molecule has 0 bridgehead atoms. The van der Waals surface area contributed by atoms with Gasteiger partial charge in [0.25, 0.3) is 0 Å². The third-order valence-electron chi connectivity index (χ3n) is 3.94. The lowest BCUT2D eigenvalue weighted by atomic mass is 9.86. The lowest BCUT2D eigenvalue weighted by Crippen LogP contribution is -2.26. The number of rotatable bonds is 5. The zero-order valence-corrected chi connectivity index (χ0v) is 13.7. The topological polar surface area (TPSA) is 40.5 Å². The first-order valence-corrected chi connectivity index (χ1v) is 7.91. The molecule has 0 atom stereocenters. The molecular weight excluding hydrogens is 318 g/mol. The number of halogens is 1. The van der Waals surface area contributed by atoms with Gasteiger partial charge in [-0.2, -0.15) is 0 Å². The van der Waals surface area contributed by atoms with E-state index in [0.717, 1.165) is 16.6 Å². The van der Waals surface area contributed by atoms with Crippen molar-refractivity contribution in [3.63, 3.8) is 0 Å². The van der Waals surface area contributed by atoms with E-state index in [-0.39, 0.29) is 0 Å². The van der Waals surface area contributed by atoms with Gasteiger partial charge in [0, 0.05) is 11.0 Å². The first-order chi connectivity index (χ1) is 9.38. The Morgan fingerprint density at radius 1 is 1.35 bits per heavy atom. The maximum Gasteiger partial charge on any atom is 0.309 e. The van der Waals surface area contributed by atoms with Gasteiger partial charge in [0.2, 0.25) is 0 Å². The second kappa shape index (κ2) is 6.27. The molecule has 4 heteroatoms. The highest BCUT2D eigenvalue weighted by Gasteiger charge is 2.27. The predicted molar refractivity (Wildman–Crippen MR) is 83.8 cm³/mol. The fourth-order valence-electron chi connectivity index (χ4n) is 2.60. The quantitative estimate of drug-likeness (QED) is 0.889. The van der Waals surface area contributed by atoms with E-state index in [4.69, 9.17) is 0 Å². The Hall–Kier alpha value is -0.870. The van der Waals surface area contributed by atoms with E-state index >= 15 is 0 Å². The molecule has 2 rings (SSSR count). The SMILES string of the molecule is CC(C)(Cc1ccc(CN2CCCC2)c(Br)c1)C(=O)O. The Morgan fingerprint density at radius 2 is 2.00 bits per heavy atom. The minimum Gasteiger partial charge on any atom is -0.481 e. The van der Waals surface area contributed by atoms with E-state index < -0.39 is 11.4 Å². The largest absolute Gasteiger partial charge is 0.481 e. The molecular formula is C16H22BrNO2. The van der Waals surface area contributed by atoms with Crippen LogP contribution in [0.1, 0.15) is 37.8 Å². The molecule has 1 aliphatic rings. The standard InChI is InChI=1S/C16H22BrNO2/c1-16(2,15(19)20)10-12-5-6-13(14(17)9-12)11-18-7-3-4-8-18/h5-6,9H,3-4,7-8,10-11H2,1-2H3,(H,19,20). The summed E-state index contributed by atoms with van der Waals surface area (Å²) >= 11 is 3.62. The molecule has 1 heterocycles. The monoisotopic (exact) mass is 339 g/mol. The van der Waals surface area contributed by atoms with Gasteiger partial charge in [-0.3, -0.25) is 9.69 Å². The zero-order valence-electron chi connectivity index (χ0n) is 12.2. The minimum absolute atomic E-state index is 0.547. The molecule has 0 aromatic heterocycles. The van der Waals surface area contributed by atoms with Crippen LogP contribution in [0.25, 0.3) is 0 Å². The molecule has 1 aromatic carbocycles. The van der Waals surface area contributed by atoms with Crippen molar-refractivity contribution in [3.8, 4) is 0 Å². The molecule has 110 valence electrons. The van der Waals surface area contributed by atoms with Crippen molar-refractivity contribution in [1.29, 1.82) is 0 Å². The van der Waals surface area contributed by atoms with Crippen LogP contribution in [0, 0.1) is 5.41 Å². The molecule has 0 aliphatic carbocycles. The van der Waals surface area contributed by atoms with Crippen molar-refractivity contribution in [2.45, 2.75) is 39.7 Å². The van der Waals surface area contributed by atoms with Crippen molar-refractivity contribution in [2.75, 3.05) is 13.1 Å². The Morgan fingerprint density at radius 3 is 2.55 bits per heavy atom. The first-order valence-electron chi connectivity index (χ1n) is 7.11. The highest BCUT2D eigenvalue weighted by atomic mass is 79.9. The summed E-state index contributed by atoms with van der Waals surface area (Å²) in [4.78, 5) is 13.6. The Kier molecular flexibility index (Phi) is 4.86. The van der Waals surface area contributed by atoms with Crippen LogP contribution >= 0.6 is 15.9 Å². The van der Waals surface area contributed by atoms with Gasteiger partial charge in [0.05, 0.1) is 5.41 Å². The van der Waals surface area contributed by atoms with Gasteiger partial charge in [-0.15, -0.1) is 0 Å². The van der Waals surface area contributed by atoms with Crippen LogP contribution in [-0.2, 0) is 17.8 Å². The van der Waals surface area contributed by atoms with Crippen LogP contribution in [0.2, 0.25) is 0 Å². The Balaban J connectivity index is 2.07. The van der Waals surface area contributed by atoms with E-state index in [9.17, 15) is 9.90 Å². The van der Waals surface area contributed by atoms with Crippen molar-refractivity contribution in [1.82, 2.24) is 4.90 Å². The molecule has 1 N–H and O–H groups in total. The van der Waals surface area contributed by atoms with Crippen LogP contribution in [0.3, 0.4) is 0 Å². The normalized spacial score (nSPS) is 16.6. The van der Waals surface area contributed by atoms with Crippen LogP contribution in [0.15, 0.2) is 22.7 Å². The lowest BCUT2D eigenvalue weighted by molar-refractivity contribution is -0.146. The number of carboxylic acid groups (broad SMARTS) is 1. The van der Waals surface area contributed by atoms with Gasteiger partial charge >= 0.3 is 5.97 Å². The molecule has 0 amide bonds. The molecule has 1 saturated heterocycles. The summed E-state index contributed by atoms with van der Waals surface area (Å²) in [5, 5.41) is 9.20. The van der Waals surface area contributed by atoms with Crippen LogP contribution < -0.4 is 0 Å². The summed E-state index contributed by atoms with van der Waals surface area (Å²) < 4.78 is 1.09. The second-order valence-corrected chi connectivity index (χ2v) is 7.13. The molecule has 0 spiro atoms. The molecule has 0 saturated carbocycles. The molecule has 0 unspecified atom stereocenters. The lowest BCUT2D eigenvalue weighted by Gasteiger charge is -2.20. The van der Waals surface area contributed by atoms with E-state index in [1.807, 2.05) is 0 Å².